The SMILES string of the molecule is CC(C)C[C@H](NC(=O)[C@@H](NC(=O)[C@@H](N)CC(C)C)[C@@H](C)O)C(=O)N[C@H](C(=O)N[C@@H](CC(=O)O)C(=O)O)[C@@H](C)O. The van der Waals surface area contributed by atoms with Gasteiger partial charge in [0.1, 0.15) is 24.2 Å². The molecule has 0 spiro atoms. The minimum absolute atomic E-state index is 0.0514. The predicted octanol–water partition coefficient (Wildman–Crippen LogP) is -2.33. The smallest absolute Gasteiger partial charge is 0.326 e. The van der Waals surface area contributed by atoms with Gasteiger partial charge in [0.25, 0.3) is 0 Å². The second-order valence-electron chi connectivity index (χ2n) is 10.4. The van der Waals surface area contributed by atoms with Crippen molar-refractivity contribution in [3.63, 3.8) is 0 Å². The van der Waals surface area contributed by atoms with Gasteiger partial charge in [0, 0.05) is 0 Å². The van der Waals surface area contributed by atoms with E-state index in [4.69, 9.17) is 15.9 Å². The topological polar surface area (TPSA) is 257 Å². The molecule has 7 atom stereocenters. The molecular weight excluding hydrogens is 518 g/mol. The van der Waals surface area contributed by atoms with Crippen LogP contribution in [0, 0.1) is 11.8 Å². The maximum absolute atomic E-state index is 13.1. The van der Waals surface area contributed by atoms with Crippen LogP contribution in [-0.4, -0.2) is 98.4 Å². The second-order valence-corrected chi connectivity index (χ2v) is 10.4. The molecule has 0 aromatic heterocycles. The molecule has 0 saturated carbocycles. The molecule has 4 amide bonds. The van der Waals surface area contributed by atoms with E-state index in [9.17, 15) is 39.0 Å². The van der Waals surface area contributed by atoms with Crippen LogP contribution in [0.15, 0.2) is 0 Å². The van der Waals surface area contributed by atoms with Crippen LogP contribution >= 0.6 is 0 Å². The zero-order chi connectivity index (χ0) is 30.6. The fourth-order valence-electron chi connectivity index (χ4n) is 3.54. The highest BCUT2D eigenvalue weighted by Gasteiger charge is 2.35. The Morgan fingerprint density at radius 3 is 1.38 bits per heavy atom. The first kappa shape index (κ1) is 35.7. The molecule has 15 heteroatoms. The van der Waals surface area contributed by atoms with Crippen molar-refractivity contribution < 1.29 is 49.2 Å². The molecule has 10 N–H and O–H groups in total. The molecular formula is C24H43N5O10. The minimum Gasteiger partial charge on any atom is -0.481 e. The van der Waals surface area contributed by atoms with E-state index in [1.165, 1.54) is 6.92 Å². The Balaban J connectivity index is 5.73. The summed E-state index contributed by atoms with van der Waals surface area (Å²) in [6.07, 6.45) is -3.45. The lowest BCUT2D eigenvalue weighted by Crippen LogP contribution is -2.62. The summed E-state index contributed by atoms with van der Waals surface area (Å²) in [5, 5.41) is 47.2. The summed E-state index contributed by atoms with van der Waals surface area (Å²) in [5.74, 6) is -6.85. The molecule has 0 heterocycles. The monoisotopic (exact) mass is 561 g/mol. The Bertz CT molecular complexity index is 877. The average Bonchev–Trinajstić information content (AvgIpc) is 2.77. The standard InChI is InChI=1S/C24H43N5O10/c1-10(2)7-14(25)20(34)28-18(12(5)30)22(36)26-15(8-11(3)4)21(35)29-19(13(6)31)23(37)27-16(24(38)39)9-17(32)33/h10-16,18-19,30-31H,7-9,25H2,1-6H3,(H,26,36)(H,27,37)(H,28,34)(H,29,35)(H,32,33)(H,38,39)/t12-,13-,14+,15+,16+,18+,19+/m1/s1. The quantitative estimate of drug-likeness (QED) is 0.0909. The summed E-state index contributed by atoms with van der Waals surface area (Å²) >= 11 is 0. The number of aliphatic hydroxyl groups excluding tert-OH is 2. The number of aliphatic hydroxyl groups is 2. The third-order valence-corrected chi connectivity index (χ3v) is 5.52. The average molecular weight is 562 g/mol. The van der Waals surface area contributed by atoms with E-state index in [2.05, 4.69) is 16.0 Å². The minimum atomic E-state index is -1.82. The zero-order valence-electron chi connectivity index (χ0n) is 23.1. The number of aliphatic carboxylic acids is 2. The van der Waals surface area contributed by atoms with E-state index in [1.54, 1.807) is 13.8 Å². The zero-order valence-corrected chi connectivity index (χ0v) is 23.1. The van der Waals surface area contributed by atoms with Crippen molar-refractivity contribution >= 4 is 35.6 Å². The molecule has 0 radical (unpaired) electrons. The molecule has 15 nitrogen and oxygen atoms in total. The summed E-state index contributed by atoms with van der Waals surface area (Å²) in [6, 6.07) is -7.20. The fourth-order valence-corrected chi connectivity index (χ4v) is 3.54. The summed E-state index contributed by atoms with van der Waals surface area (Å²) < 4.78 is 0. The Morgan fingerprint density at radius 1 is 0.615 bits per heavy atom. The number of nitrogens with one attached hydrogen (secondary N) is 4. The van der Waals surface area contributed by atoms with Gasteiger partial charge >= 0.3 is 11.9 Å². The lowest BCUT2D eigenvalue weighted by atomic mass is 10.0. The number of hydrogen-bond acceptors (Lipinski definition) is 9. The molecule has 39 heavy (non-hydrogen) atoms. The molecule has 0 aliphatic heterocycles. The highest BCUT2D eigenvalue weighted by atomic mass is 16.4. The molecule has 0 fully saturated rings. The Morgan fingerprint density at radius 2 is 1.03 bits per heavy atom. The number of carboxylic acid groups (broad SMARTS) is 2. The number of hydrogen-bond donors (Lipinski definition) is 9. The van der Waals surface area contributed by atoms with E-state index in [1.807, 2.05) is 19.2 Å². The van der Waals surface area contributed by atoms with Crippen molar-refractivity contribution in [1.82, 2.24) is 21.3 Å². The van der Waals surface area contributed by atoms with Crippen LogP contribution in [0.4, 0.5) is 0 Å². The summed E-state index contributed by atoms with van der Waals surface area (Å²) in [4.78, 5) is 73.3. The van der Waals surface area contributed by atoms with Gasteiger partial charge in [-0.2, -0.15) is 0 Å². The first-order chi connectivity index (χ1) is 17.9. The van der Waals surface area contributed by atoms with Crippen LogP contribution in [0.2, 0.25) is 0 Å². The molecule has 0 saturated heterocycles. The molecule has 0 rings (SSSR count). The van der Waals surface area contributed by atoms with Crippen LogP contribution in [0.3, 0.4) is 0 Å². The molecule has 0 aliphatic rings. The van der Waals surface area contributed by atoms with E-state index >= 15 is 0 Å². The number of nitrogens with two attached hydrogens (primary N) is 1. The molecule has 0 bridgehead atoms. The number of rotatable bonds is 17. The van der Waals surface area contributed by atoms with Crippen LogP contribution in [0.25, 0.3) is 0 Å². The Labute approximate surface area is 227 Å². The van der Waals surface area contributed by atoms with Gasteiger partial charge in [-0.05, 0) is 38.5 Å². The van der Waals surface area contributed by atoms with Crippen molar-refractivity contribution in [1.29, 1.82) is 0 Å². The van der Waals surface area contributed by atoms with Gasteiger partial charge in [-0.3, -0.25) is 24.0 Å². The first-order valence-electron chi connectivity index (χ1n) is 12.6. The van der Waals surface area contributed by atoms with Crippen LogP contribution in [-0.2, 0) is 28.8 Å². The van der Waals surface area contributed by atoms with Crippen molar-refractivity contribution in [3.8, 4) is 0 Å². The van der Waals surface area contributed by atoms with Gasteiger partial charge in [0.2, 0.25) is 23.6 Å². The fraction of sp³-hybridized carbons (Fsp3) is 0.750. The maximum atomic E-state index is 13.1. The highest BCUT2D eigenvalue weighted by molar-refractivity contribution is 5.96. The number of amides is 4. The van der Waals surface area contributed by atoms with Crippen molar-refractivity contribution in [3.05, 3.63) is 0 Å². The summed E-state index contributed by atoms with van der Waals surface area (Å²) in [5.41, 5.74) is 5.85. The van der Waals surface area contributed by atoms with E-state index in [0.29, 0.717) is 6.42 Å². The Kier molecular flexibility index (Phi) is 15.2. The van der Waals surface area contributed by atoms with Gasteiger partial charge in [-0.25, -0.2) is 4.79 Å². The largest absolute Gasteiger partial charge is 0.481 e. The van der Waals surface area contributed by atoms with Gasteiger partial charge in [-0.1, -0.05) is 27.7 Å². The number of carboxylic acids is 2. The summed E-state index contributed by atoms with van der Waals surface area (Å²) in [6.45, 7) is 9.61. The lowest BCUT2D eigenvalue weighted by molar-refractivity contribution is -0.148. The van der Waals surface area contributed by atoms with E-state index in [-0.39, 0.29) is 18.3 Å². The van der Waals surface area contributed by atoms with Gasteiger partial charge in [0.05, 0.1) is 24.7 Å². The molecule has 0 aliphatic carbocycles. The van der Waals surface area contributed by atoms with E-state index in [0.717, 1.165) is 6.92 Å². The molecule has 0 aromatic rings. The van der Waals surface area contributed by atoms with Crippen molar-refractivity contribution in [2.45, 2.75) is 103 Å². The highest BCUT2D eigenvalue weighted by Crippen LogP contribution is 2.09. The maximum Gasteiger partial charge on any atom is 0.326 e. The molecule has 224 valence electrons. The van der Waals surface area contributed by atoms with Crippen molar-refractivity contribution in [2.75, 3.05) is 0 Å². The number of carbonyl (C=O) groups excluding carboxylic acids is 4. The predicted molar refractivity (Wildman–Crippen MR) is 138 cm³/mol. The Hall–Kier alpha value is -3.30. The lowest BCUT2D eigenvalue weighted by Gasteiger charge is -2.28. The van der Waals surface area contributed by atoms with Gasteiger partial charge in [0.15, 0.2) is 0 Å². The second kappa shape index (κ2) is 16.6. The number of carbonyl (C=O) groups is 6. The molecule has 0 aromatic carbocycles. The van der Waals surface area contributed by atoms with Gasteiger partial charge < -0.3 is 47.4 Å². The van der Waals surface area contributed by atoms with Crippen LogP contribution in [0.5, 0.6) is 0 Å². The normalized spacial score (nSPS) is 16.7. The van der Waals surface area contributed by atoms with Crippen LogP contribution < -0.4 is 27.0 Å². The van der Waals surface area contributed by atoms with Gasteiger partial charge in [-0.15, -0.1) is 0 Å². The molecule has 0 unspecified atom stereocenters. The first-order valence-corrected chi connectivity index (χ1v) is 12.6. The van der Waals surface area contributed by atoms with Crippen molar-refractivity contribution in [2.24, 2.45) is 17.6 Å². The van der Waals surface area contributed by atoms with E-state index < -0.39 is 84.4 Å². The third-order valence-electron chi connectivity index (χ3n) is 5.52. The third kappa shape index (κ3) is 13.4. The summed E-state index contributed by atoms with van der Waals surface area (Å²) in [7, 11) is 0. The van der Waals surface area contributed by atoms with Crippen LogP contribution in [0.1, 0.15) is 60.8 Å².